The lowest BCUT2D eigenvalue weighted by atomic mass is 9.99. The summed E-state index contributed by atoms with van der Waals surface area (Å²) in [6.07, 6.45) is -2.42. The predicted octanol–water partition coefficient (Wildman–Crippen LogP) is 4.27. The van der Waals surface area contributed by atoms with Crippen molar-refractivity contribution >= 4 is 17.3 Å². The molecule has 29 heavy (non-hydrogen) atoms. The molecule has 0 unspecified atom stereocenters. The number of hydrogen-bond acceptors (Lipinski definition) is 4. The number of halogens is 4. The molecule has 0 atom stereocenters. The molecule has 0 radical (unpaired) electrons. The Morgan fingerprint density at radius 2 is 1.86 bits per heavy atom. The highest BCUT2D eigenvalue weighted by atomic mass is 35.5. The van der Waals surface area contributed by atoms with E-state index in [1.165, 1.54) is 12.1 Å². The van der Waals surface area contributed by atoms with Gasteiger partial charge in [-0.05, 0) is 54.3 Å². The summed E-state index contributed by atoms with van der Waals surface area (Å²) in [5, 5.41) is 18.7. The van der Waals surface area contributed by atoms with Gasteiger partial charge in [0, 0.05) is 29.9 Å². The summed E-state index contributed by atoms with van der Waals surface area (Å²) >= 11 is 5.90. The summed E-state index contributed by atoms with van der Waals surface area (Å²) in [5.74, 6) is -0.655. The van der Waals surface area contributed by atoms with Gasteiger partial charge in [0.25, 0.3) is 0 Å². The number of benzene rings is 2. The average molecular weight is 430 g/mol. The van der Waals surface area contributed by atoms with Gasteiger partial charge in [-0.1, -0.05) is 29.8 Å². The Balaban J connectivity index is 2.12. The Bertz CT molecular complexity index is 836. The van der Waals surface area contributed by atoms with E-state index >= 15 is 0 Å². The molecule has 2 aromatic carbocycles. The molecular formula is C21H23ClF3NO3. The molecule has 0 bridgehead atoms. The van der Waals surface area contributed by atoms with Crippen LogP contribution in [0.3, 0.4) is 0 Å². The zero-order chi connectivity index (χ0) is 21.4. The summed E-state index contributed by atoms with van der Waals surface area (Å²) in [6.45, 7) is -0.577. The van der Waals surface area contributed by atoms with Crippen molar-refractivity contribution < 1.29 is 28.1 Å². The van der Waals surface area contributed by atoms with E-state index in [9.17, 15) is 13.2 Å². The molecular weight excluding hydrogens is 407 g/mol. The van der Waals surface area contributed by atoms with Crippen LogP contribution < -0.4 is 10.5 Å². The maximum Gasteiger partial charge on any atom is 0.419 e. The zero-order valence-corrected chi connectivity index (χ0v) is 16.4. The normalized spacial score (nSPS) is 12.4. The number of nitrogens with two attached hydrogens (primary N) is 1. The molecule has 0 aliphatic heterocycles. The molecule has 8 heteroatoms. The van der Waals surface area contributed by atoms with Gasteiger partial charge in [0.2, 0.25) is 0 Å². The second-order valence-corrected chi connectivity index (χ2v) is 7.02. The van der Waals surface area contributed by atoms with Gasteiger partial charge in [-0.15, -0.1) is 0 Å². The summed E-state index contributed by atoms with van der Waals surface area (Å²) < 4.78 is 45.6. The smallest absolute Gasteiger partial charge is 0.419 e. The Labute approximate surface area is 172 Å². The summed E-state index contributed by atoms with van der Waals surface area (Å²) in [7, 11) is 0. The van der Waals surface area contributed by atoms with E-state index in [4.69, 9.17) is 32.3 Å². The fourth-order valence-electron chi connectivity index (χ4n) is 2.70. The van der Waals surface area contributed by atoms with E-state index < -0.39 is 11.7 Å². The van der Waals surface area contributed by atoms with Crippen LogP contribution >= 0.6 is 11.6 Å². The van der Waals surface area contributed by atoms with Gasteiger partial charge >= 0.3 is 6.18 Å². The lowest BCUT2D eigenvalue weighted by Gasteiger charge is -2.16. The van der Waals surface area contributed by atoms with Crippen LogP contribution in [0.25, 0.3) is 5.70 Å². The van der Waals surface area contributed by atoms with E-state index in [1.54, 1.807) is 30.3 Å². The summed E-state index contributed by atoms with van der Waals surface area (Å²) in [5.41, 5.74) is 6.49. The van der Waals surface area contributed by atoms with Crippen LogP contribution in [0, 0.1) is 5.92 Å². The molecule has 0 amide bonds. The summed E-state index contributed by atoms with van der Waals surface area (Å²) in [6, 6.07) is 10.6. The largest absolute Gasteiger partial charge is 0.489 e. The third kappa shape index (κ3) is 6.96. The molecule has 0 aliphatic rings. The molecule has 0 spiro atoms. The molecule has 0 heterocycles. The SMILES string of the molecule is N/C(=C\COc1ccc(CCC(CO)CO)cc1C(F)(F)F)c1cccc(Cl)c1. The van der Waals surface area contributed by atoms with Crippen LogP contribution in [0.4, 0.5) is 13.2 Å². The van der Waals surface area contributed by atoms with Gasteiger partial charge in [-0.2, -0.15) is 13.2 Å². The molecule has 158 valence electrons. The lowest BCUT2D eigenvalue weighted by molar-refractivity contribution is -0.138. The maximum atomic E-state index is 13.4. The minimum Gasteiger partial charge on any atom is -0.489 e. The van der Waals surface area contributed by atoms with Crippen molar-refractivity contribution in [3.05, 3.63) is 70.3 Å². The van der Waals surface area contributed by atoms with Crippen LogP contribution in [0.1, 0.15) is 23.1 Å². The van der Waals surface area contributed by atoms with Gasteiger partial charge in [-0.3, -0.25) is 0 Å². The van der Waals surface area contributed by atoms with Crippen molar-refractivity contribution in [2.45, 2.75) is 19.0 Å². The predicted molar refractivity (Wildman–Crippen MR) is 107 cm³/mol. The highest BCUT2D eigenvalue weighted by Gasteiger charge is 2.34. The zero-order valence-electron chi connectivity index (χ0n) is 15.6. The number of ether oxygens (including phenoxy) is 1. The Morgan fingerprint density at radius 3 is 2.48 bits per heavy atom. The maximum absolute atomic E-state index is 13.4. The third-order valence-electron chi connectivity index (χ3n) is 4.41. The fourth-order valence-corrected chi connectivity index (χ4v) is 2.89. The first-order chi connectivity index (χ1) is 13.7. The molecule has 2 rings (SSSR count). The molecule has 0 aromatic heterocycles. The first-order valence-electron chi connectivity index (χ1n) is 9.00. The molecule has 0 fully saturated rings. The van der Waals surface area contributed by atoms with Gasteiger partial charge in [0.15, 0.2) is 0 Å². The van der Waals surface area contributed by atoms with Crippen LogP contribution in [0.2, 0.25) is 5.02 Å². The number of aliphatic hydroxyl groups is 2. The van der Waals surface area contributed by atoms with Gasteiger partial charge in [0.05, 0.1) is 5.56 Å². The van der Waals surface area contributed by atoms with Crippen molar-refractivity contribution in [1.29, 1.82) is 0 Å². The standard InChI is InChI=1S/C21H23ClF3NO3/c22-17-3-1-2-16(11-17)19(26)8-9-29-20-7-6-14(4-5-15(12-27)13-28)10-18(20)21(23,24)25/h1-3,6-8,10-11,15,27-28H,4-5,9,12-13,26H2/b19-8-. The minimum atomic E-state index is -4.58. The van der Waals surface area contributed by atoms with E-state index in [2.05, 4.69) is 0 Å². The van der Waals surface area contributed by atoms with E-state index in [0.29, 0.717) is 34.7 Å². The number of hydrogen-bond donors (Lipinski definition) is 3. The number of alkyl halides is 3. The van der Waals surface area contributed by atoms with Crippen LogP contribution in [-0.2, 0) is 12.6 Å². The summed E-state index contributed by atoms with van der Waals surface area (Å²) in [4.78, 5) is 0. The average Bonchev–Trinajstić information content (AvgIpc) is 2.68. The van der Waals surface area contributed by atoms with Gasteiger partial charge < -0.3 is 20.7 Å². The van der Waals surface area contributed by atoms with E-state index in [-0.39, 0.29) is 31.5 Å². The Hall–Kier alpha value is -2.22. The molecule has 0 aliphatic carbocycles. The molecule has 4 N–H and O–H groups in total. The first kappa shape index (κ1) is 23.1. The van der Waals surface area contributed by atoms with Crippen molar-refractivity contribution in [3.63, 3.8) is 0 Å². The van der Waals surface area contributed by atoms with Crippen molar-refractivity contribution in [2.24, 2.45) is 11.7 Å². The van der Waals surface area contributed by atoms with Crippen LogP contribution in [0.5, 0.6) is 5.75 Å². The van der Waals surface area contributed by atoms with E-state index in [1.807, 2.05) is 0 Å². The highest BCUT2D eigenvalue weighted by molar-refractivity contribution is 6.30. The number of rotatable bonds is 9. The van der Waals surface area contributed by atoms with Crippen LogP contribution in [-0.4, -0.2) is 30.0 Å². The molecule has 0 saturated heterocycles. The number of aryl methyl sites for hydroxylation is 1. The quantitative estimate of drug-likeness (QED) is 0.556. The van der Waals surface area contributed by atoms with Gasteiger partial charge in [0.1, 0.15) is 12.4 Å². The van der Waals surface area contributed by atoms with E-state index in [0.717, 1.165) is 6.07 Å². The fraction of sp³-hybridized carbons (Fsp3) is 0.333. The topological polar surface area (TPSA) is 75.7 Å². The molecule has 0 saturated carbocycles. The molecule has 4 nitrogen and oxygen atoms in total. The van der Waals surface area contributed by atoms with Crippen molar-refractivity contribution in [3.8, 4) is 5.75 Å². The molecule has 2 aromatic rings. The minimum absolute atomic E-state index is 0.141. The number of aliphatic hydroxyl groups excluding tert-OH is 2. The monoisotopic (exact) mass is 429 g/mol. The van der Waals surface area contributed by atoms with Crippen LogP contribution in [0.15, 0.2) is 48.5 Å². The second-order valence-electron chi connectivity index (χ2n) is 6.58. The third-order valence-corrected chi connectivity index (χ3v) is 4.64. The second kappa shape index (κ2) is 10.5. The first-order valence-corrected chi connectivity index (χ1v) is 9.38. The Kier molecular flexibility index (Phi) is 8.37. The lowest BCUT2D eigenvalue weighted by Crippen LogP contribution is -2.13. The highest BCUT2D eigenvalue weighted by Crippen LogP contribution is 2.37. The van der Waals surface area contributed by atoms with Crippen molar-refractivity contribution in [2.75, 3.05) is 19.8 Å². The Morgan fingerprint density at radius 1 is 1.14 bits per heavy atom. The van der Waals surface area contributed by atoms with Crippen molar-refractivity contribution in [1.82, 2.24) is 0 Å². The van der Waals surface area contributed by atoms with Gasteiger partial charge in [-0.25, -0.2) is 0 Å².